The summed E-state index contributed by atoms with van der Waals surface area (Å²) >= 11 is 0. The van der Waals surface area contributed by atoms with E-state index in [-0.39, 0.29) is 11.1 Å². The summed E-state index contributed by atoms with van der Waals surface area (Å²) in [5.74, 6) is -1.04. The second-order valence-electron chi connectivity index (χ2n) is 3.58. The minimum atomic E-state index is -1.04. The van der Waals surface area contributed by atoms with Gasteiger partial charge in [0.2, 0.25) is 0 Å². The SMILES string of the molecule is Cc1nn(C)c(=O)c2cc(C(=O)O)ccc12. The molecule has 0 spiro atoms. The molecule has 0 saturated heterocycles. The van der Waals surface area contributed by atoms with Crippen molar-refractivity contribution in [1.82, 2.24) is 9.78 Å². The van der Waals surface area contributed by atoms with E-state index in [4.69, 9.17) is 5.11 Å². The minimum Gasteiger partial charge on any atom is -0.478 e. The van der Waals surface area contributed by atoms with E-state index in [1.165, 1.54) is 16.8 Å². The van der Waals surface area contributed by atoms with Crippen LogP contribution in [0.2, 0.25) is 0 Å². The van der Waals surface area contributed by atoms with E-state index in [2.05, 4.69) is 5.10 Å². The van der Waals surface area contributed by atoms with E-state index in [0.717, 1.165) is 0 Å². The number of carboxylic acid groups (broad SMARTS) is 1. The summed E-state index contributed by atoms with van der Waals surface area (Å²) < 4.78 is 1.21. The van der Waals surface area contributed by atoms with Crippen LogP contribution in [0.5, 0.6) is 0 Å². The van der Waals surface area contributed by atoms with Gasteiger partial charge in [-0.3, -0.25) is 4.79 Å². The van der Waals surface area contributed by atoms with Gasteiger partial charge in [-0.25, -0.2) is 9.48 Å². The maximum atomic E-state index is 11.8. The highest BCUT2D eigenvalue weighted by Gasteiger charge is 2.09. The fourth-order valence-electron chi connectivity index (χ4n) is 1.67. The lowest BCUT2D eigenvalue weighted by Gasteiger charge is -2.04. The van der Waals surface area contributed by atoms with Crippen molar-refractivity contribution in [1.29, 1.82) is 0 Å². The Hall–Kier alpha value is -2.17. The van der Waals surface area contributed by atoms with Crippen LogP contribution in [-0.4, -0.2) is 20.9 Å². The molecule has 0 amide bonds. The Morgan fingerprint density at radius 3 is 2.69 bits per heavy atom. The van der Waals surface area contributed by atoms with E-state index < -0.39 is 5.97 Å². The Labute approximate surface area is 90.9 Å². The number of rotatable bonds is 1. The maximum absolute atomic E-state index is 11.8. The minimum absolute atomic E-state index is 0.107. The number of fused-ring (bicyclic) bond motifs is 1. The zero-order valence-electron chi connectivity index (χ0n) is 8.89. The molecule has 82 valence electrons. The average molecular weight is 218 g/mol. The van der Waals surface area contributed by atoms with Crippen molar-refractivity contribution in [2.24, 2.45) is 7.05 Å². The third kappa shape index (κ3) is 1.46. The first kappa shape index (κ1) is 10.4. The van der Waals surface area contributed by atoms with E-state index in [1.54, 1.807) is 20.0 Å². The number of nitrogens with zero attached hydrogens (tertiary/aromatic N) is 2. The fraction of sp³-hybridized carbons (Fsp3) is 0.182. The standard InChI is InChI=1S/C11H10N2O3/c1-6-8-4-3-7(11(15)16)5-9(8)10(14)13(2)12-6/h3-5H,1-2H3,(H,15,16). The summed E-state index contributed by atoms with van der Waals surface area (Å²) in [4.78, 5) is 22.6. The molecule has 2 rings (SSSR count). The summed E-state index contributed by atoms with van der Waals surface area (Å²) in [7, 11) is 1.54. The highest BCUT2D eigenvalue weighted by molar-refractivity contribution is 5.94. The molecule has 5 heteroatoms. The molecule has 0 unspecified atom stereocenters. The third-order valence-corrected chi connectivity index (χ3v) is 2.48. The molecule has 0 aliphatic carbocycles. The number of hydrogen-bond donors (Lipinski definition) is 1. The number of aromatic carboxylic acids is 1. The number of aryl methyl sites for hydroxylation is 2. The Morgan fingerprint density at radius 1 is 1.38 bits per heavy atom. The van der Waals surface area contributed by atoms with Crippen molar-refractivity contribution in [2.75, 3.05) is 0 Å². The molecule has 0 aliphatic rings. The van der Waals surface area contributed by atoms with Gasteiger partial charge in [-0.15, -0.1) is 0 Å². The van der Waals surface area contributed by atoms with Crippen molar-refractivity contribution in [3.63, 3.8) is 0 Å². The van der Waals surface area contributed by atoms with Crippen molar-refractivity contribution in [3.05, 3.63) is 39.8 Å². The molecule has 0 bridgehead atoms. The van der Waals surface area contributed by atoms with E-state index in [9.17, 15) is 9.59 Å². The second-order valence-corrected chi connectivity index (χ2v) is 3.58. The molecule has 0 saturated carbocycles. The van der Waals surface area contributed by atoms with Crippen LogP contribution < -0.4 is 5.56 Å². The first-order valence-electron chi connectivity index (χ1n) is 4.71. The highest BCUT2D eigenvalue weighted by atomic mass is 16.4. The first-order chi connectivity index (χ1) is 7.50. The van der Waals surface area contributed by atoms with Crippen molar-refractivity contribution in [3.8, 4) is 0 Å². The lowest BCUT2D eigenvalue weighted by molar-refractivity contribution is 0.0697. The molecule has 0 aliphatic heterocycles. The van der Waals surface area contributed by atoms with Crippen LogP contribution in [0.1, 0.15) is 16.1 Å². The smallest absolute Gasteiger partial charge is 0.335 e. The average Bonchev–Trinajstić information content (AvgIpc) is 2.25. The highest BCUT2D eigenvalue weighted by Crippen LogP contribution is 2.14. The summed E-state index contributed by atoms with van der Waals surface area (Å²) in [5.41, 5.74) is 0.521. The van der Waals surface area contributed by atoms with Crippen LogP contribution in [0.25, 0.3) is 10.8 Å². The molecule has 0 atom stereocenters. The van der Waals surface area contributed by atoms with Crippen LogP contribution in [0, 0.1) is 6.92 Å². The lowest BCUT2D eigenvalue weighted by atomic mass is 10.1. The van der Waals surface area contributed by atoms with Crippen LogP contribution in [0.3, 0.4) is 0 Å². The molecule has 1 N–H and O–H groups in total. The van der Waals surface area contributed by atoms with E-state index in [1.807, 2.05) is 0 Å². The Balaban J connectivity index is 2.92. The van der Waals surface area contributed by atoms with Gasteiger partial charge in [-0.2, -0.15) is 5.10 Å². The number of carboxylic acids is 1. The number of aromatic nitrogens is 2. The van der Waals surface area contributed by atoms with Crippen LogP contribution in [0.4, 0.5) is 0 Å². The van der Waals surface area contributed by atoms with Gasteiger partial charge < -0.3 is 5.11 Å². The van der Waals surface area contributed by atoms with Crippen LogP contribution in [-0.2, 0) is 7.05 Å². The van der Waals surface area contributed by atoms with Crippen molar-refractivity contribution in [2.45, 2.75) is 6.92 Å². The first-order valence-corrected chi connectivity index (χ1v) is 4.71. The van der Waals surface area contributed by atoms with Crippen molar-refractivity contribution < 1.29 is 9.90 Å². The third-order valence-electron chi connectivity index (χ3n) is 2.48. The largest absolute Gasteiger partial charge is 0.478 e. The fourth-order valence-corrected chi connectivity index (χ4v) is 1.67. The molecule has 5 nitrogen and oxygen atoms in total. The van der Waals surface area contributed by atoms with Gasteiger partial charge in [0.15, 0.2) is 0 Å². The predicted octanol–water partition coefficient (Wildman–Crippen LogP) is 0.940. The zero-order chi connectivity index (χ0) is 11.9. The van der Waals surface area contributed by atoms with Gasteiger partial charge in [-0.1, -0.05) is 6.07 Å². The molecule has 1 heterocycles. The van der Waals surface area contributed by atoms with Gasteiger partial charge in [0.1, 0.15) is 0 Å². The monoisotopic (exact) mass is 218 g/mol. The maximum Gasteiger partial charge on any atom is 0.335 e. The lowest BCUT2D eigenvalue weighted by Crippen LogP contribution is -2.20. The van der Waals surface area contributed by atoms with Gasteiger partial charge in [0.05, 0.1) is 16.6 Å². The van der Waals surface area contributed by atoms with Gasteiger partial charge in [0, 0.05) is 12.4 Å². The summed E-state index contributed by atoms with van der Waals surface area (Å²) in [6.07, 6.45) is 0. The molecular weight excluding hydrogens is 208 g/mol. The topological polar surface area (TPSA) is 72.2 Å². The van der Waals surface area contributed by atoms with Gasteiger partial charge >= 0.3 is 5.97 Å². The predicted molar refractivity (Wildman–Crippen MR) is 58.7 cm³/mol. The van der Waals surface area contributed by atoms with Crippen molar-refractivity contribution >= 4 is 16.7 Å². The van der Waals surface area contributed by atoms with Gasteiger partial charge in [-0.05, 0) is 19.1 Å². The molecule has 2 aromatic rings. The van der Waals surface area contributed by atoms with E-state index >= 15 is 0 Å². The number of hydrogen-bond acceptors (Lipinski definition) is 3. The summed E-state index contributed by atoms with van der Waals surface area (Å²) in [6.45, 7) is 1.78. The summed E-state index contributed by atoms with van der Waals surface area (Å²) in [5, 5.41) is 14.0. The second kappa shape index (κ2) is 3.44. The molecular formula is C11H10N2O3. The Kier molecular flexibility index (Phi) is 2.23. The number of benzene rings is 1. The summed E-state index contributed by atoms with van der Waals surface area (Å²) in [6, 6.07) is 4.47. The molecule has 1 aromatic carbocycles. The zero-order valence-corrected chi connectivity index (χ0v) is 8.89. The molecule has 1 aromatic heterocycles. The number of carbonyl (C=O) groups is 1. The quantitative estimate of drug-likeness (QED) is 0.773. The molecule has 0 radical (unpaired) electrons. The molecule has 16 heavy (non-hydrogen) atoms. The van der Waals surface area contributed by atoms with Gasteiger partial charge in [0.25, 0.3) is 5.56 Å². The van der Waals surface area contributed by atoms with E-state index in [0.29, 0.717) is 16.5 Å². The van der Waals surface area contributed by atoms with Crippen LogP contribution >= 0.6 is 0 Å². The normalized spacial score (nSPS) is 10.6. The Morgan fingerprint density at radius 2 is 2.06 bits per heavy atom. The molecule has 0 fully saturated rings. The Bertz CT molecular complexity index is 643. The van der Waals surface area contributed by atoms with Crippen LogP contribution in [0.15, 0.2) is 23.0 Å².